The van der Waals surface area contributed by atoms with Crippen LogP contribution in [-0.2, 0) is 52.4 Å². The Hall–Kier alpha value is -3.51. The average Bonchev–Trinajstić information content (AvgIpc) is 3.57. The van der Waals surface area contributed by atoms with E-state index in [-0.39, 0.29) is 18.4 Å². The monoisotopic (exact) mass is 574 g/mol. The fourth-order valence-electron chi connectivity index (χ4n) is 7.84. The van der Waals surface area contributed by atoms with Crippen LogP contribution in [0.2, 0.25) is 0 Å². The Balaban J connectivity index is 1.68. The van der Waals surface area contributed by atoms with Crippen LogP contribution in [0.1, 0.15) is 47.5 Å². The third-order valence-electron chi connectivity index (χ3n) is 9.56. The molecule has 0 aromatic carbocycles. The molecule has 5 aliphatic rings. The van der Waals surface area contributed by atoms with E-state index in [4.69, 9.17) is 28.4 Å². The Morgan fingerprint density at radius 2 is 1.78 bits per heavy atom. The van der Waals surface area contributed by atoms with Gasteiger partial charge in [-0.25, -0.2) is 14.4 Å². The predicted molar refractivity (Wildman–Crippen MR) is 136 cm³/mol. The van der Waals surface area contributed by atoms with Crippen LogP contribution in [0.3, 0.4) is 0 Å². The van der Waals surface area contributed by atoms with E-state index in [1.807, 2.05) is 6.92 Å². The Labute approximate surface area is 236 Å². The summed E-state index contributed by atoms with van der Waals surface area (Å²) in [6, 6.07) is 0. The van der Waals surface area contributed by atoms with E-state index in [2.05, 4.69) is 6.58 Å². The fourth-order valence-corrected chi connectivity index (χ4v) is 7.84. The number of carbonyl (C=O) groups excluding carboxylic acids is 5. The van der Waals surface area contributed by atoms with Crippen molar-refractivity contribution in [1.29, 1.82) is 0 Å². The van der Waals surface area contributed by atoms with Gasteiger partial charge in [0.2, 0.25) is 6.29 Å². The lowest BCUT2D eigenvalue weighted by atomic mass is 9.48. The summed E-state index contributed by atoms with van der Waals surface area (Å²) in [4.78, 5) is 63.0. The standard InChI is InChI=1S/C29H34O12/c1-13-21(27(5)9-8-18(31)40-26(3,4)17(27)11-19(32)36-7)16(37-14(2)30)12-28(6)22(15-10-20(33)38-24(15)34)39-25(35)23-29(13,28)41-23/h8-10,16-17,21-24,34H,1,11-12H2,2-7H3. The molecule has 5 rings (SSSR count). The Morgan fingerprint density at radius 3 is 2.37 bits per heavy atom. The molecule has 1 saturated carbocycles. The maximum Gasteiger partial charge on any atom is 0.339 e. The molecule has 12 heteroatoms. The first kappa shape index (κ1) is 29.0. The molecular formula is C29H34O12. The zero-order valence-electron chi connectivity index (χ0n) is 23.8. The molecule has 0 amide bonds. The first-order valence-electron chi connectivity index (χ1n) is 13.4. The number of hydrogen-bond donors (Lipinski definition) is 1. The first-order valence-corrected chi connectivity index (χ1v) is 13.4. The number of rotatable bonds is 5. The van der Waals surface area contributed by atoms with Gasteiger partial charge in [0.05, 0.1) is 13.5 Å². The molecule has 12 nitrogen and oxygen atoms in total. The molecule has 0 aromatic rings. The molecule has 9 atom stereocenters. The van der Waals surface area contributed by atoms with E-state index in [1.165, 1.54) is 20.1 Å². The van der Waals surface area contributed by atoms with Gasteiger partial charge in [-0.2, -0.15) is 0 Å². The minimum absolute atomic E-state index is 0.0382. The van der Waals surface area contributed by atoms with E-state index in [1.54, 1.807) is 26.8 Å². The minimum atomic E-state index is -1.64. The second kappa shape index (κ2) is 9.25. The minimum Gasteiger partial charge on any atom is -0.469 e. The highest BCUT2D eigenvalue weighted by atomic mass is 16.7. The lowest BCUT2D eigenvalue weighted by Crippen LogP contribution is -2.65. The maximum atomic E-state index is 13.2. The number of ether oxygens (including phenoxy) is 6. The highest BCUT2D eigenvalue weighted by molar-refractivity contribution is 5.88. The highest BCUT2D eigenvalue weighted by Gasteiger charge is 2.82. The Kier molecular flexibility index (Phi) is 6.54. The molecule has 3 fully saturated rings. The number of aliphatic hydroxyl groups is 1. The fraction of sp³-hybridized carbons (Fsp3) is 0.621. The van der Waals surface area contributed by atoms with Gasteiger partial charge < -0.3 is 33.5 Å². The number of esters is 5. The van der Waals surface area contributed by atoms with Crippen molar-refractivity contribution in [3.05, 3.63) is 36.0 Å². The molecule has 4 heterocycles. The van der Waals surface area contributed by atoms with Crippen LogP contribution in [0, 0.1) is 22.7 Å². The van der Waals surface area contributed by atoms with Gasteiger partial charge in [-0.15, -0.1) is 0 Å². The van der Waals surface area contributed by atoms with Crippen molar-refractivity contribution in [3.8, 4) is 0 Å². The zero-order valence-corrected chi connectivity index (χ0v) is 23.8. The molecule has 0 radical (unpaired) electrons. The van der Waals surface area contributed by atoms with Crippen LogP contribution in [0.4, 0.5) is 0 Å². The molecule has 0 aromatic heterocycles. The third kappa shape index (κ3) is 4.13. The van der Waals surface area contributed by atoms with Crippen LogP contribution >= 0.6 is 0 Å². The van der Waals surface area contributed by atoms with Crippen LogP contribution in [-0.4, -0.2) is 77.9 Å². The predicted octanol–water partition coefficient (Wildman–Crippen LogP) is 1.44. The number of methoxy groups -OCH3 is 1. The molecular weight excluding hydrogens is 540 g/mol. The van der Waals surface area contributed by atoms with Crippen molar-refractivity contribution >= 4 is 29.8 Å². The quantitative estimate of drug-likeness (QED) is 0.218. The van der Waals surface area contributed by atoms with Gasteiger partial charge >= 0.3 is 29.8 Å². The van der Waals surface area contributed by atoms with E-state index in [0.29, 0.717) is 5.57 Å². The average molecular weight is 575 g/mol. The van der Waals surface area contributed by atoms with Gasteiger partial charge in [-0.1, -0.05) is 26.5 Å². The molecule has 0 bridgehead atoms. The summed E-state index contributed by atoms with van der Waals surface area (Å²) in [6.45, 7) is 12.6. The van der Waals surface area contributed by atoms with Crippen molar-refractivity contribution < 1.29 is 57.5 Å². The van der Waals surface area contributed by atoms with E-state index < -0.39 is 88.3 Å². The normalized spacial score (nSPS) is 42.5. The summed E-state index contributed by atoms with van der Waals surface area (Å²) in [5, 5.41) is 10.5. The van der Waals surface area contributed by atoms with Gasteiger partial charge in [0.25, 0.3) is 0 Å². The van der Waals surface area contributed by atoms with Crippen LogP contribution in [0.25, 0.3) is 0 Å². The lowest BCUT2D eigenvalue weighted by Gasteiger charge is -2.57. The molecule has 2 saturated heterocycles. The van der Waals surface area contributed by atoms with E-state index >= 15 is 0 Å². The lowest BCUT2D eigenvalue weighted by molar-refractivity contribution is -0.185. The molecule has 1 aliphatic carbocycles. The molecule has 4 aliphatic heterocycles. The van der Waals surface area contributed by atoms with Crippen molar-refractivity contribution in [3.63, 3.8) is 0 Å². The van der Waals surface area contributed by atoms with E-state index in [0.717, 1.165) is 6.08 Å². The summed E-state index contributed by atoms with van der Waals surface area (Å²) in [5.41, 5.74) is -4.38. The third-order valence-corrected chi connectivity index (χ3v) is 9.56. The van der Waals surface area contributed by atoms with Crippen molar-refractivity contribution in [1.82, 2.24) is 0 Å². The van der Waals surface area contributed by atoms with Crippen molar-refractivity contribution in [2.45, 2.75) is 83.3 Å². The van der Waals surface area contributed by atoms with Gasteiger partial charge in [0.15, 0.2) is 6.10 Å². The van der Waals surface area contributed by atoms with Crippen molar-refractivity contribution in [2.75, 3.05) is 7.11 Å². The molecule has 41 heavy (non-hydrogen) atoms. The molecule has 1 N–H and O–H groups in total. The second-order valence-electron chi connectivity index (χ2n) is 12.3. The number of aliphatic hydroxyl groups excluding tert-OH is 1. The number of carbonyl (C=O) groups is 5. The zero-order chi connectivity index (χ0) is 30.3. The summed E-state index contributed by atoms with van der Waals surface area (Å²) in [5.74, 6) is -4.73. The SMILES string of the molecule is C=C1C(C2(C)C=CC(=O)OC(C)(C)C2CC(=O)OC)C(OC(C)=O)CC2(C)C(C3=CC(=O)OC3O)OC(=O)C3OC132. The first-order chi connectivity index (χ1) is 19.0. The summed E-state index contributed by atoms with van der Waals surface area (Å²) in [6.07, 6.45) is -0.894. The number of cyclic esters (lactones) is 3. The number of hydrogen-bond acceptors (Lipinski definition) is 12. The van der Waals surface area contributed by atoms with Gasteiger partial charge in [-0.05, 0) is 25.8 Å². The smallest absolute Gasteiger partial charge is 0.339 e. The van der Waals surface area contributed by atoms with Crippen molar-refractivity contribution in [2.24, 2.45) is 22.7 Å². The van der Waals surface area contributed by atoms with Crippen LogP contribution < -0.4 is 0 Å². The van der Waals surface area contributed by atoms with Gasteiger partial charge in [0, 0.05) is 47.3 Å². The van der Waals surface area contributed by atoms with Crippen LogP contribution in [0.15, 0.2) is 36.0 Å². The Morgan fingerprint density at radius 1 is 1.10 bits per heavy atom. The number of epoxide rings is 1. The summed E-state index contributed by atoms with van der Waals surface area (Å²) in [7, 11) is 1.26. The molecule has 1 spiro atoms. The Bertz CT molecular complexity index is 1310. The molecule has 9 unspecified atom stereocenters. The topological polar surface area (TPSA) is 164 Å². The van der Waals surface area contributed by atoms with E-state index in [9.17, 15) is 29.1 Å². The van der Waals surface area contributed by atoms with Crippen LogP contribution in [0.5, 0.6) is 0 Å². The molecule has 222 valence electrons. The summed E-state index contributed by atoms with van der Waals surface area (Å²) < 4.78 is 33.4. The van der Waals surface area contributed by atoms with Gasteiger partial charge in [0.1, 0.15) is 23.4 Å². The number of allylic oxidation sites excluding steroid dienone is 1. The summed E-state index contributed by atoms with van der Waals surface area (Å²) >= 11 is 0. The largest absolute Gasteiger partial charge is 0.469 e. The second-order valence-corrected chi connectivity index (χ2v) is 12.3. The maximum absolute atomic E-state index is 13.2. The highest BCUT2D eigenvalue weighted by Crippen LogP contribution is 2.70. The van der Waals surface area contributed by atoms with Gasteiger partial charge in [-0.3, -0.25) is 9.59 Å².